The van der Waals surface area contributed by atoms with Crippen molar-refractivity contribution >= 4 is 62.3 Å². The highest BCUT2D eigenvalue weighted by atomic mass is 32.2. The molecule has 18 heteroatoms. The summed E-state index contributed by atoms with van der Waals surface area (Å²) in [5, 5.41) is 10.1. The van der Waals surface area contributed by atoms with Gasteiger partial charge in [-0.05, 0) is 55.0 Å². The van der Waals surface area contributed by atoms with Crippen molar-refractivity contribution in [1.29, 1.82) is 0 Å². The minimum atomic E-state index is -3.42. The number of rotatable bonds is 11. The van der Waals surface area contributed by atoms with Crippen LogP contribution in [0.5, 0.6) is 5.75 Å². The summed E-state index contributed by atoms with van der Waals surface area (Å²) >= 11 is 0. The van der Waals surface area contributed by atoms with Crippen LogP contribution in [-0.4, -0.2) is 113 Å². The highest BCUT2D eigenvalue weighted by molar-refractivity contribution is 7.92. The lowest BCUT2D eigenvalue weighted by Crippen LogP contribution is -2.54. The number of hydrogen-bond acceptors (Lipinski definition) is 13. The van der Waals surface area contributed by atoms with E-state index in [0.717, 1.165) is 59.9 Å². The van der Waals surface area contributed by atoms with Crippen LogP contribution in [0, 0.1) is 0 Å². The summed E-state index contributed by atoms with van der Waals surface area (Å²) in [7, 11) is -3.42. The number of sulfonamides is 1. The summed E-state index contributed by atoms with van der Waals surface area (Å²) in [6, 6.07) is 18.5. The van der Waals surface area contributed by atoms with E-state index in [2.05, 4.69) is 40.2 Å². The molecule has 2 aromatic carbocycles. The van der Waals surface area contributed by atoms with Crippen molar-refractivity contribution in [2.24, 2.45) is 0 Å². The second-order valence-corrected chi connectivity index (χ2v) is 15.2. The van der Waals surface area contributed by atoms with Crippen LogP contribution in [-0.2, 0) is 19.6 Å². The number of carbonyl (C=O) groups is 4. The number of piperidine rings is 1. The molecule has 1 atom stereocenters. The van der Waals surface area contributed by atoms with Crippen molar-refractivity contribution in [1.82, 2.24) is 34.7 Å². The molecule has 0 spiro atoms. The van der Waals surface area contributed by atoms with Crippen LogP contribution in [0.25, 0.3) is 16.8 Å². The van der Waals surface area contributed by atoms with E-state index < -0.39 is 39.7 Å². The first-order valence-electron chi connectivity index (χ1n) is 17.6. The molecule has 4 amide bonds. The predicted molar refractivity (Wildman–Crippen MR) is 202 cm³/mol. The monoisotopic (exact) mass is 764 g/mol. The van der Waals surface area contributed by atoms with E-state index in [1.54, 1.807) is 53.3 Å². The molecule has 5 aromatic rings. The lowest BCUT2D eigenvalue weighted by Gasteiger charge is -2.35. The van der Waals surface area contributed by atoms with E-state index in [1.165, 1.54) is 0 Å². The normalized spacial score (nSPS) is 17.7. The van der Waals surface area contributed by atoms with Crippen LogP contribution in [0.1, 0.15) is 33.6 Å². The van der Waals surface area contributed by atoms with Gasteiger partial charge in [-0.3, -0.25) is 39.0 Å². The van der Waals surface area contributed by atoms with Crippen LogP contribution in [0.4, 0.5) is 23.1 Å². The van der Waals surface area contributed by atoms with Gasteiger partial charge < -0.3 is 15.0 Å². The number of pyridine rings is 1. The largest absolute Gasteiger partial charge is 0.491 e. The van der Waals surface area contributed by atoms with E-state index in [4.69, 9.17) is 4.74 Å². The molecule has 3 N–H and O–H groups in total. The van der Waals surface area contributed by atoms with Gasteiger partial charge in [0.2, 0.25) is 27.8 Å². The number of nitrogens with zero attached hydrogens (tertiary/aromatic N) is 7. The quantitative estimate of drug-likeness (QED) is 0.166. The molecule has 3 aromatic heterocycles. The smallest absolute Gasteiger partial charge is 0.266 e. The third-order valence-electron chi connectivity index (χ3n) is 9.66. The number of ether oxygens (including phenoxy) is 1. The Morgan fingerprint density at radius 1 is 0.891 bits per heavy atom. The fourth-order valence-electron chi connectivity index (χ4n) is 7.00. The number of piperazine rings is 1. The van der Waals surface area contributed by atoms with Crippen LogP contribution in [0.15, 0.2) is 79.1 Å². The minimum Gasteiger partial charge on any atom is -0.491 e. The Morgan fingerprint density at radius 3 is 2.47 bits per heavy atom. The Hall–Kier alpha value is -6.40. The Morgan fingerprint density at radius 2 is 1.71 bits per heavy atom. The van der Waals surface area contributed by atoms with E-state index in [0.29, 0.717) is 30.5 Å². The Balaban J connectivity index is 0.844. The molecule has 8 rings (SSSR count). The number of anilines is 4. The predicted octanol–water partition coefficient (Wildman–Crippen LogP) is 2.51. The van der Waals surface area contributed by atoms with Crippen molar-refractivity contribution in [3.8, 4) is 17.0 Å². The summed E-state index contributed by atoms with van der Waals surface area (Å²) in [5.74, 6) is -0.761. The number of imide groups is 2. The SMILES string of the molecule is CS(=O)(=O)Nc1cccc(-c2ccc3cnc(Nc4ccc(N5CCN(CCOc6cccc7c6C(=O)N(C6CCC(=O)NC6=O)C7=O)CC5)nc4)nn23)c1. The number of fused-ring (bicyclic) bond motifs is 2. The molecule has 1 unspecified atom stereocenters. The minimum absolute atomic E-state index is 0.0528. The summed E-state index contributed by atoms with van der Waals surface area (Å²) in [5.41, 5.74) is 3.81. The van der Waals surface area contributed by atoms with Crippen molar-refractivity contribution < 1.29 is 32.3 Å². The summed E-state index contributed by atoms with van der Waals surface area (Å²) in [6.07, 6.45) is 4.68. The third kappa shape index (κ3) is 7.41. The van der Waals surface area contributed by atoms with E-state index >= 15 is 0 Å². The molecule has 3 aliphatic heterocycles. The van der Waals surface area contributed by atoms with E-state index in [1.807, 2.05) is 30.3 Å². The molecule has 0 saturated carbocycles. The standard InChI is InChI=1S/C37H36N10O7S/c1-55(52,53)43-24-5-2-4-23(20-24)28-10-9-26-22-39-37(42-47(26)28)40-25-8-12-31(38-21-25)45-16-14-44(15-17-45)18-19-54-30-7-3-6-27-33(30)36(51)46(35(27)50)29-11-13-32(48)41-34(29)49/h2-10,12,20-22,29,43H,11,13-19H2,1H3,(H,40,42)(H,41,48,49). The van der Waals surface area contributed by atoms with Gasteiger partial charge in [0, 0.05) is 50.4 Å². The Labute approximate surface area is 315 Å². The zero-order chi connectivity index (χ0) is 38.3. The summed E-state index contributed by atoms with van der Waals surface area (Å²) in [6.45, 7) is 3.90. The molecule has 0 bridgehead atoms. The molecule has 0 radical (unpaired) electrons. The maximum absolute atomic E-state index is 13.4. The highest BCUT2D eigenvalue weighted by Crippen LogP contribution is 2.34. The molecule has 2 saturated heterocycles. The molecule has 55 heavy (non-hydrogen) atoms. The lowest BCUT2D eigenvalue weighted by molar-refractivity contribution is -0.136. The zero-order valence-electron chi connectivity index (χ0n) is 29.6. The van der Waals surface area contributed by atoms with Crippen molar-refractivity contribution in [2.75, 3.05) is 60.5 Å². The molecular formula is C37H36N10O7S. The lowest BCUT2D eigenvalue weighted by atomic mass is 10.0. The average molecular weight is 765 g/mol. The molecule has 17 nitrogen and oxygen atoms in total. The number of amides is 4. The molecular weight excluding hydrogens is 729 g/mol. The number of nitrogens with one attached hydrogen (secondary N) is 3. The number of carbonyl (C=O) groups excluding carboxylic acids is 4. The Bertz CT molecular complexity index is 2450. The van der Waals surface area contributed by atoms with Crippen LogP contribution >= 0.6 is 0 Å². The van der Waals surface area contributed by atoms with E-state index in [9.17, 15) is 27.6 Å². The first-order chi connectivity index (χ1) is 26.5. The van der Waals surface area contributed by atoms with E-state index in [-0.39, 0.29) is 29.7 Å². The van der Waals surface area contributed by atoms with Gasteiger partial charge in [-0.25, -0.2) is 22.9 Å². The molecule has 0 aliphatic carbocycles. The number of benzene rings is 2. The van der Waals surface area contributed by atoms with Crippen molar-refractivity contribution in [3.63, 3.8) is 0 Å². The van der Waals surface area contributed by atoms with Crippen molar-refractivity contribution in [3.05, 3.63) is 90.3 Å². The van der Waals surface area contributed by atoms with Crippen LogP contribution in [0.2, 0.25) is 0 Å². The number of aromatic nitrogens is 4. The molecule has 6 heterocycles. The molecule has 282 valence electrons. The maximum Gasteiger partial charge on any atom is 0.266 e. The third-order valence-corrected chi connectivity index (χ3v) is 10.3. The first-order valence-corrected chi connectivity index (χ1v) is 19.5. The summed E-state index contributed by atoms with van der Waals surface area (Å²) in [4.78, 5) is 65.0. The topological polar surface area (TPSA) is 201 Å². The summed E-state index contributed by atoms with van der Waals surface area (Å²) < 4.78 is 33.7. The van der Waals surface area contributed by atoms with Gasteiger partial charge in [-0.1, -0.05) is 18.2 Å². The van der Waals surface area contributed by atoms with Gasteiger partial charge in [0.25, 0.3) is 11.8 Å². The van der Waals surface area contributed by atoms with Gasteiger partial charge in [0.15, 0.2) is 0 Å². The second-order valence-electron chi connectivity index (χ2n) is 13.4. The van der Waals surface area contributed by atoms with Gasteiger partial charge >= 0.3 is 0 Å². The second kappa shape index (κ2) is 14.4. The zero-order valence-corrected chi connectivity index (χ0v) is 30.5. The van der Waals surface area contributed by atoms with Gasteiger partial charge in [-0.15, -0.1) is 5.10 Å². The average Bonchev–Trinajstić information content (AvgIpc) is 3.70. The molecule has 2 fully saturated rings. The first kappa shape index (κ1) is 35.6. The highest BCUT2D eigenvalue weighted by Gasteiger charge is 2.46. The van der Waals surface area contributed by atoms with Crippen LogP contribution in [0.3, 0.4) is 0 Å². The van der Waals surface area contributed by atoms with Crippen LogP contribution < -0.4 is 25.0 Å². The fraction of sp³-hybridized carbons (Fsp3) is 0.270. The van der Waals surface area contributed by atoms with Gasteiger partial charge in [0.05, 0.1) is 46.7 Å². The van der Waals surface area contributed by atoms with Gasteiger partial charge in [-0.2, -0.15) is 0 Å². The van der Waals surface area contributed by atoms with Gasteiger partial charge in [0.1, 0.15) is 24.2 Å². The number of hydrogen-bond donors (Lipinski definition) is 3. The fourth-order valence-corrected chi connectivity index (χ4v) is 7.55. The molecule has 3 aliphatic rings. The Kier molecular flexibility index (Phi) is 9.35. The maximum atomic E-state index is 13.4. The van der Waals surface area contributed by atoms with Crippen molar-refractivity contribution in [2.45, 2.75) is 18.9 Å².